The van der Waals surface area contributed by atoms with Gasteiger partial charge in [-0.15, -0.1) is 6.58 Å². The second-order valence-electron chi connectivity index (χ2n) is 4.48. The molecule has 0 aliphatic rings. The van der Waals surface area contributed by atoms with Crippen molar-refractivity contribution in [2.75, 3.05) is 0 Å². The van der Waals surface area contributed by atoms with E-state index < -0.39 is 12.1 Å². The van der Waals surface area contributed by atoms with E-state index in [0.29, 0.717) is 5.06 Å². The molecule has 0 heterocycles. The van der Waals surface area contributed by atoms with Crippen molar-refractivity contribution in [1.29, 1.82) is 0 Å². The van der Waals surface area contributed by atoms with Crippen LogP contribution in [-0.4, -0.2) is 16.4 Å². The SMILES string of the molecule is C=CC(c1ccccc1)N(O)C(=O)OCc1ccccc1. The molecule has 0 aliphatic carbocycles. The van der Waals surface area contributed by atoms with Crippen LogP contribution in [0, 0.1) is 0 Å². The van der Waals surface area contributed by atoms with Crippen molar-refractivity contribution in [3.8, 4) is 0 Å². The summed E-state index contributed by atoms with van der Waals surface area (Å²) in [5.74, 6) is 0. The molecule has 108 valence electrons. The zero-order valence-electron chi connectivity index (χ0n) is 11.6. The van der Waals surface area contributed by atoms with Crippen LogP contribution in [0.4, 0.5) is 4.79 Å². The Morgan fingerprint density at radius 1 is 1.14 bits per heavy atom. The number of carbonyl (C=O) groups is 1. The van der Waals surface area contributed by atoms with E-state index in [2.05, 4.69) is 6.58 Å². The van der Waals surface area contributed by atoms with E-state index in [9.17, 15) is 10.0 Å². The van der Waals surface area contributed by atoms with E-state index in [1.165, 1.54) is 6.08 Å². The van der Waals surface area contributed by atoms with Crippen molar-refractivity contribution in [2.24, 2.45) is 0 Å². The summed E-state index contributed by atoms with van der Waals surface area (Å²) >= 11 is 0. The third kappa shape index (κ3) is 3.94. The highest BCUT2D eigenvalue weighted by Crippen LogP contribution is 2.20. The van der Waals surface area contributed by atoms with Gasteiger partial charge in [-0.3, -0.25) is 5.21 Å². The highest BCUT2D eigenvalue weighted by atomic mass is 16.6. The first-order valence-corrected chi connectivity index (χ1v) is 6.58. The van der Waals surface area contributed by atoms with Gasteiger partial charge >= 0.3 is 6.09 Å². The number of amides is 1. The van der Waals surface area contributed by atoms with E-state index >= 15 is 0 Å². The highest BCUT2D eigenvalue weighted by molar-refractivity contribution is 5.67. The lowest BCUT2D eigenvalue weighted by Gasteiger charge is -2.22. The standard InChI is InChI=1S/C17H17NO3/c1-2-16(15-11-7-4-8-12-15)18(20)17(19)21-13-14-9-5-3-6-10-14/h2-12,16,20H,1,13H2. The highest BCUT2D eigenvalue weighted by Gasteiger charge is 2.22. The number of benzene rings is 2. The summed E-state index contributed by atoms with van der Waals surface area (Å²) in [6.45, 7) is 3.76. The summed E-state index contributed by atoms with van der Waals surface area (Å²) in [5.41, 5.74) is 1.61. The summed E-state index contributed by atoms with van der Waals surface area (Å²) in [5, 5.41) is 10.5. The van der Waals surface area contributed by atoms with E-state index in [0.717, 1.165) is 11.1 Å². The molecule has 2 rings (SSSR count). The van der Waals surface area contributed by atoms with Crippen LogP contribution in [0.3, 0.4) is 0 Å². The lowest BCUT2D eigenvalue weighted by Crippen LogP contribution is -2.31. The monoisotopic (exact) mass is 283 g/mol. The first kappa shape index (κ1) is 14.8. The molecule has 4 heteroatoms. The zero-order chi connectivity index (χ0) is 15.1. The van der Waals surface area contributed by atoms with Crippen LogP contribution in [0.1, 0.15) is 17.2 Å². The van der Waals surface area contributed by atoms with Crippen molar-refractivity contribution >= 4 is 6.09 Å². The van der Waals surface area contributed by atoms with Gasteiger partial charge in [0.15, 0.2) is 0 Å². The Morgan fingerprint density at radius 2 is 1.71 bits per heavy atom. The van der Waals surface area contributed by atoms with Crippen LogP contribution in [0.5, 0.6) is 0 Å². The van der Waals surface area contributed by atoms with Gasteiger partial charge in [0.1, 0.15) is 12.6 Å². The lowest BCUT2D eigenvalue weighted by atomic mass is 10.1. The summed E-state index contributed by atoms with van der Waals surface area (Å²) in [6, 6.07) is 17.8. The Morgan fingerprint density at radius 3 is 2.29 bits per heavy atom. The third-order valence-corrected chi connectivity index (χ3v) is 3.02. The first-order valence-electron chi connectivity index (χ1n) is 6.58. The minimum Gasteiger partial charge on any atom is -0.443 e. The Balaban J connectivity index is 1.99. The number of hydroxylamine groups is 2. The van der Waals surface area contributed by atoms with Gasteiger partial charge in [0.25, 0.3) is 0 Å². The molecule has 1 atom stereocenters. The first-order chi connectivity index (χ1) is 10.2. The Kier molecular flexibility index (Phi) is 5.12. The fourth-order valence-corrected chi connectivity index (χ4v) is 1.93. The summed E-state index contributed by atoms with van der Waals surface area (Å²) in [6.07, 6.45) is 0.673. The topological polar surface area (TPSA) is 49.8 Å². The molecule has 1 N–H and O–H groups in total. The predicted molar refractivity (Wildman–Crippen MR) is 79.6 cm³/mol. The molecule has 0 aliphatic heterocycles. The van der Waals surface area contributed by atoms with Gasteiger partial charge in [0.05, 0.1) is 0 Å². The maximum absolute atomic E-state index is 11.9. The van der Waals surface area contributed by atoms with Gasteiger partial charge in [-0.05, 0) is 11.1 Å². The molecule has 21 heavy (non-hydrogen) atoms. The van der Waals surface area contributed by atoms with Gasteiger partial charge < -0.3 is 4.74 Å². The van der Waals surface area contributed by atoms with Gasteiger partial charge in [-0.2, -0.15) is 5.06 Å². The van der Waals surface area contributed by atoms with Crippen molar-refractivity contribution in [3.63, 3.8) is 0 Å². The fourth-order valence-electron chi connectivity index (χ4n) is 1.93. The molecule has 4 nitrogen and oxygen atoms in total. The quantitative estimate of drug-likeness (QED) is 0.513. The number of hydrogen-bond donors (Lipinski definition) is 1. The molecular weight excluding hydrogens is 266 g/mol. The molecule has 0 fully saturated rings. The Hall–Kier alpha value is -2.59. The van der Waals surface area contributed by atoms with Crippen molar-refractivity contribution < 1.29 is 14.7 Å². The number of rotatable bonds is 5. The average molecular weight is 283 g/mol. The molecule has 1 amide bonds. The van der Waals surface area contributed by atoms with Gasteiger partial charge in [0.2, 0.25) is 0 Å². The summed E-state index contributed by atoms with van der Waals surface area (Å²) < 4.78 is 5.08. The molecule has 0 aromatic heterocycles. The molecule has 1 unspecified atom stereocenters. The minimum absolute atomic E-state index is 0.107. The number of carbonyl (C=O) groups excluding carboxylic acids is 1. The molecule has 0 saturated heterocycles. The van der Waals surface area contributed by atoms with Crippen molar-refractivity contribution in [3.05, 3.63) is 84.4 Å². The van der Waals surface area contributed by atoms with E-state index in [1.807, 2.05) is 48.5 Å². The summed E-state index contributed by atoms with van der Waals surface area (Å²) in [4.78, 5) is 11.9. The normalized spacial score (nSPS) is 11.5. The number of hydrogen-bond acceptors (Lipinski definition) is 3. The predicted octanol–water partition coefficient (Wildman–Crippen LogP) is 3.94. The van der Waals surface area contributed by atoms with Crippen LogP contribution in [0.2, 0.25) is 0 Å². The van der Waals surface area contributed by atoms with Crippen molar-refractivity contribution in [1.82, 2.24) is 5.06 Å². The Labute approximate surface area is 123 Å². The van der Waals surface area contributed by atoms with E-state index in [-0.39, 0.29) is 6.61 Å². The number of nitrogens with zero attached hydrogens (tertiary/aromatic N) is 1. The zero-order valence-corrected chi connectivity index (χ0v) is 11.6. The lowest BCUT2D eigenvalue weighted by molar-refractivity contribution is -0.0957. The average Bonchev–Trinajstić information content (AvgIpc) is 2.55. The van der Waals surface area contributed by atoms with Crippen molar-refractivity contribution in [2.45, 2.75) is 12.6 Å². The maximum Gasteiger partial charge on any atom is 0.434 e. The molecular formula is C17H17NO3. The summed E-state index contributed by atoms with van der Waals surface area (Å²) in [7, 11) is 0. The second-order valence-corrected chi connectivity index (χ2v) is 4.48. The minimum atomic E-state index is -0.812. The molecule has 0 saturated carbocycles. The van der Waals surface area contributed by atoms with Gasteiger partial charge in [-0.25, -0.2) is 4.79 Å². The molecule has 2 aromatic carbocycles. The van der Waals surface area contributed by atoms with Gasteiger partial charge in [0, 0.05) is 0 Å². The maximum atomic E-state index is 11.9. The fraction of sp³-hybridized carbons (Fsp3) is 0.118. The van der Waals surface area contributed by atoms with Crippen LogP contribution in [-0.2, 0) is 11.3 Å². The Bertz CT molecular complexity index is 583. The van der Waals surface area contributed by atoms with Crippen LogP contribution < -0.4 is 0 Å². The van der Waals surface area contributed by atoms with Crippen LogP contribution >= 0.6 is 0 Å². The number of ether oxygens (including phenoxy) is 1. The van der Waals surface area contributed by atoms with Gasteiger partial charge in [-0.1, -0.05) is 66.7 Å². The third-order valence-electron chi connectivity index (χ3n) is 3.02. The van der Waals surface area contributed by atoms with E-state index in [1.54, 1.807) is 12.1 Å². The molecule has 0 bridgehead atoms. The van der Waals surface area contributed by atoms with Crippen LogP contribution in [0.25, 0.3) is 0 Å². The second kappa shape index (κ2) is 7.26. The molecule has 0 radical (unpaired) electrons. The van der Waals surface area contributed by atoms with Crippen LogP contribution in [0.15, 0.2) is 73.3 Å². The molecule has 0 spiro atoms. The largest absolute Gasteiger partial charge is 0.443 e. The smallest absolute Gasteiger partial charge is 0.434 e. The van der Waals surface area contributed by atoms with E-state index in [4.69, 9.17) is 4.74 Å². The molecule has 2 aromatic rings.